The zero-order chi connectivity index (χ0) is 19.5. The van der Waals surface area contributed by atoms with Crippen molar-refractivity contribution >= 4 is 27.8 Å². The van der Waals surface area contributed by atoms with Crippen LogP contribution in [0.3, 0.4) is 0 Å². The first-order valence-corrected chi connectivity index (χ1v) is 10.3. The molecule has 1 aliphatic heterocycles. The Balaban J connectivity index is 1.59. The molecule has 0 bridgehead atoms. The molecular formula is C22H28N4O2. The summed E-state index contributed by atoms with van der Waals surface area (Å²) in [6.07, 6.45) is 8.46. The van der Waals surface area contributed by atoms with Crippen molar-refractivity contribution in [2.24, 2.45) is 7.05 Å². The molecule has 28 heavy (non-hydrogen) atoms. The molecule has 0 atom stereocenters. The Hall–Kier alpha value is -2.63. The number of piperidine rings is 1. The molecule has 3 heterocycles. The van der Waals surface area contributed by atoms with E-state index in [9.17, 15) is 4.79 Å². The second kappa shape index (κ2) is 8.17. The van der Waals surface area contributed by atoms with Gasteiger partial charge in [0, 0.05) is 31.9 Å². The highest BCUT2D eigenvalue weighted by Gasteiger charge is 2.17. The van der Waals surface area contributed by atoms with Crippen LogP contribution >= 0.6 is 0 Å². The molecule has 3 aromatic rings. The molecule has 0 N–H and O–H groups in total. The first kappa shape index (κ1) is 18.7. The lowest BCUT2D eigenvalue weighted by atomic mass is 10.1. The SMILES string of the molecule is CCCCc1nc2cnc3ccc(OCC(=O)N4CCCCC4)cc3c2n1C. The van der Waals surface area contributed by atoms with Gasteiger partial charge in [0.1, 0.15) is 17.1 Å². The van der Waals surface area contributed by atoms with E-state index in [1.807, 2.05) is 29.3 Å². The van der Waals surface area contributed by atoms with Crippen LogP contribution < -0.4 is 4.74 Å². The van der Waals surface area contributed by atoms with Gasteiger partial charge in [-0.05, 0) is 43.9 Å². The van der Waals surface area contributed by atoms with Crippen LogP contribution in [0.4, 0.5) is 0 Å². The molecule has 1 aliphatic rings. The molecule has 0 spiro atoms. The predicted molar refractivity (Wildman–Crippen MR) is 111 cm³/mol. The van der Waals surface area contributed by atoms with Crippen molar-refractivity contribution in [1.82, 2.24) is 19.4 Å². The molecular weight excluding hydrogens is 352 g/mol. The number of benzene rings is 1. The highest BCUT2D eigenvalue weighted by molar-refractivity contribution is 6.02. The maximum absolute atomic E-state index is 12.4. The van der Waals surface area contributed by atoms with Gasteiger partial charge >= 0.3 is 0 Å². The average Bonchev–Trinajstić information content (AvgIpc) is 3.07. The molecule has 0 unspecified atom stereocenters. The Morgan fingerprint density at radius 3 is 2.79 bits per heavy atom. The highest BCUT2D eigenvalue weighted by atomic mass is 16.5. The number of carbonyl (C=O) groups is 1. The summed E-state index contributed by atoms with van der Waals surface area (Å²) in [7, 11) is 2.06. The number of ether oxygens (including phenoxy) is 1. The first-order chi connectivity index (χ1) is 13.7. The Morgan fingerprint density at radius 1 is 1.18 bits per heavy atom. The topological polar surface area (TPSA) is 60.3 Å². The van der Waals surface area contributed by atoms with Gasteiger partial charge in [-0.3, -0.25) is 9.78 Å². The number of aromatic nitrogens is 3. The molecule has 2 aromatic heterocycles. The molecule has 1 saturated heterocycles. The fourth-order valence-corrected chi connectivity index (χ4v) is 3.95. The minimum Gasteiger partial charge on any atom is -0.484 e. The van der Waals surface area contributed by atoms with Gasteiger partial charge in [0.15, 0.2) is 6.61 Å². The number of pyridine rings is 1. The summed E-state index contributed by atoms with van der Waals surface area (Å²) in [6.45, 7) is 3.97. The van der Waals surface area contributed by atoms with E-state index in [0.29, 0.717) is 5.75 Å². The van der Waals surface area contributed by atoms with Crippen LogP contribution in [0.1, 0.15) is 44.9 Å². The second-order valence-corrected chi connectivity index (χ2v) is 7.59. The summed E-state index contributed by atoms with van der Waals surface area (Å²) >= 11 is 0. The zero-order valence-corrected chi connectivity index (χ0v) is 16.8. The molecule has 1 aromatic carbocycles. The van der Waals surface area contributed by atoms with Crippen molar-refractivity contribution in [2.45, 2.75) is 45.4 Å². The number of likely N-dealkylation sites (tertiary alicyclic amines) is 1. The van der Waals surface area contributed by atoms with Crippen molar-refractivity contribution in [2.75, 3.05) is 19.7 Å². The first-order valence-electron chi connectivity index (χ1n) is 10.3. The van der Waals surface area contributed by atoms with Crippen LogP contribution in [0.2, 0.25) is 0 Å². The van der Waals surface area contributed by atoms with Crippen molar-refractivity contribution in [3.8, 4) is 5.75 Å². The van der Waals surface area contributed by atoms with Gasteiger partial charge in [-0.25, -0.2) is 4.98 Å². The third kappa shape index (κ3) is 3.68. The van der Waals surface area contributed by atoms with Crippen LogP contribution in [0.15, 0.2) is 24.4 Å². The normalized spacial score (nSPS) is 14.7. The van der Waals surface area contributed by atoms with E-state index >= 15 is 0 Å². The maximum Gasteiger partial charge on any atom is 0.260 e. The van der Waals surface area contributed by atoms with Crippen molar-refractivity contribution in [3.63, 3.8) is 0 Å². The molecule has 0 saturated carbocycles. The molecule has 6 heteroatoms. The Kier molecular flexibility index (Phi) is 5.46. The van der Waals surface area contributed by atoms with E-state index in [0.717, 1.165) is 73.0 Å². The van der Waals surface area contributed by atoms with Crippen LogP contribution in [0, 0.1) is 0 Å². The van der Waals surface area contributed by atoms with E-state index in [1.54, 1.807) is 0 Å². The third-order valence-electron chi connectivity index (χ3n) is 5.59. The largest absolute Gasteiger partial charge is 0.484 e. The molecule has 0 radical (unpaired) electrons. The molecule has 0 aliphatic carbocycles. The lowest BCUT2D eigenvalue weighted by molar-refractivity contribution is -0.134. The van der Waals surface area contributed by atoms with Gasteiger partial charge in [-0.1, -0.05) is 13.3 Å². The number of amides is 1. The fraction of sp³-hybridized carbons (Fsp3) is 0.500. The Morgan fingerprint density at radius 2 is 2.00 bits per heavy atom. The lowest BCUT2D eigenvalue weighted by Crippen LogP contribution is -2.38. The lowest BCUT2D eigenvalue weighted by Gasteiger charge is -2.26. The van der Waals surface area contributed by atoms with Gasteiger partial charge < -0.3 is 14.2 Å². The Bertz CT molecular complexity index is 989. The van der Waals surface area contributed by atoms with E-state index in [-0.39, 0.29) is 12.5 Å². The zero-order valence-electron chi connectivity index (χ0n) is 16.8. The minimum atomic E-state index is 0.0681. The Labute approximate surface area is 165 Å². The van der Waals surface area contributed by atoms with Gasteiger partial charge in [-0.2, -0.15) is 0 Å². The standard InChI is InChI=1S/C22H28N4O2/c1-3-4-8-20-24-19-14-23-18-10-9-16(13-17(18)22(19)25(20)2)28-15-21(27)26-11-6-5-7-12-26/h9-10,13-14H,3-8,11-12,15H2,1-2H3. The number of unbranched alkanes of at least 4 members (excludes halogenated alkanes) is 1. The fourth-order valence-electron chi connectivity index (χ4n) is 3.95. The predicted octanol–water partition coefficient (Wildman–Crippen LogP) is 3.86. The average molecular weight is 380 g/mol. The van der Waals surface area contributed by atoms with Crippen LogP contribution in [-0.4, -0.2) is 45.0 Å². The molecule has 1 fully saturated rings. The summed E-state index contributed by atoms with van der Waals surface area (Å²) in [5.41, 5.74) is 2.89. The van der Waals surface area contributed by atoms with E-state index in [1.165, 1.54) is 6.42 Å². The monoisotopic (exact) mass is 380 g/mol. The summed E-state index contributed by atoms with van der Waals surface area (Å²) < 4.78 is 8.01. The van der Waals surface area contributed by atoms with Crippen molar-refractivity contribution < 1.29 is 9.53 Å². The quantitative estimate of drug-likeness (QED) is 0.652. The van der Waals surface area contributed by atoms with Crippen LogP contribution in [0.5, 0.6) is 5.75 Å². The summed E-state index contributed by atoms with van der Waals surface area (Å²) in [6, 6.07) is 5.83. The molecule has 6 nitrogen and oxygen atoms in total. The highest BCUT2D eigenvalue weighted by Crippen LogP contribution is 2.28. The third-order valence-corrected chi connectivity index (χ3v) is 5.59. The number of aryl methyl sites for hydroxylation is 2. The summed E-state index contributed by atoms with van der Waals surface area (Å²) in [4.78, 5) is 23.6. The number of hydrogen-bond donors (Lipinski definition) is 0. The van der Waals surface area contributed by atoms with Gasteiger partial charge in [0.2, 0.25) is 0 Å². The van der Waals surface area contributed by atoms with Crippen LogP contribution in [0.25, 0.3) is 21.9 Å². The van der Waals surface area contributed by atoms with E-state index in [2.05, 4.69) is 23.5 Å². The molecule has 4 rings (SSSR count). The molecule has 148 valence electrons. The van der Waals surface area contributed by atoms with Crippen molar-refractivity contribution in [3.05, 3.63) is 30.2 Å². The van der Waals surface area contributed by atoms with Crippen molar-refractivity contribution in [1.29, 1.82) is 0 Å². The van der Waals surface area contributed by atoms with E-state index in [4.69, 9.17) is 9.72 Å². The number of hydrogen-bond acceptors (Lipinski definition) is 4. The second-order valence-electron chi connectivity index (χ2n) is 7.59. The summed E-state index contributed by atoms with van der Waals surface area (Å²) in [5, 5.41) is 1.01. The number of imidazole rings is 1. The number of rotatable bonds is 6. The number of carbonyl (C=O) groups excluding carboxylic acids is 1. The van der Waals surface area contributed by atoms with E-state index < -0.39 is 0 Å². The van der Waals surface area contributed by atoms with Gasteiger partial charge in [-0.15, -0.1) is 0 Å². The number of fused-ring (bicyclic) bond motifs is 3. The number of nitrogens with zero attached hydrogens (tertiary/aromatic N) is 4. The smallest absolute Gasteiger partial charge is 0.260 e. The molecule has 1 amide bonds. The summed E-state index contributed by atoms with van der Waals surface area (Å²) in [5.74, 6) is 1.85. The minimum absolute atomic E-state index is 0.0681. The van der Waals surface area contributed by atoms with Gasteiger partial charge in [0.25, 0.3) is 5.91 Å². The van der Waals surface area contributed by atoms with Gasteiger partial charge in [0.05, 0.1) is 17.2 Å². The van der Waals surface area contributed by atoms with Crippen LogP contribution in [-0.2, 0) is 18.3 Å². The maximum atomic E-state index is 12.4.